The Bertz CT molecular complexity index is 1600. The summed E-state index contributed by atoms with van der Waals surface area (Å²) in [5.74, 6) is -0.276. The first-order chi connectivity index (χ1) is 25.9. The van der Waals surface area contributed by atoms with Crippen molar-refractivity contribution in [3.05, 3.63) is 30.0 Å². The van der Waals surface area contributed by atoms with Gasteiger partial charge in [0.25, 0.3) is 0 Å². The summed E-state index contributed by atoms with van der Waals surface area (Å²) >= 11 is 0. The number of nitrogens with one attached hydrogen (secondary N) is 2. The molecule has 3 amide bonds. The largest absolute Gasteiger partial charge is 0.460 e. The molecule has 1 saturated heterocycles. The van der Waals surface area contributed by atoms with Crippen molar-refractivity contribution in [3.8, 4) is 0 Å². The molecule has 0 radical (unpaired) electrons. The Morgan fingerprint density at radius 2 is 1.65 bits per heavy atom. The minimum Gasteiger partial charge on any atom is -0.460 e. The van der Waals surface area contributed by atoms with Crippen molar-refractivity contribution in [1.82, 2.24) is 10.2 Å². The van der Waals surface area contributed by atoms with Gasteiger partial charge in [0, 0.05) is 30.6 Å². The minimum atomic E-state index is -0.708. The summed E-state index contributed by atoms with van der Waals surface area (Å²) in [6, 6.07) is 5.64. The van der Waals surface area contributed by atoms with E-state index in [4.69, 9.17) is 18.6 Å². The topological polar surface area (TPSA) is 136 Å². The van der Waals surface area contributed by atoms with Gasteiger partial charge in [0.05, 0.1) is 18.8 Å². The molecule has 3 aliphatic carbocycles. The van der Waals surface area contributed by atoms with E-state index in [1.165, 1.54) is 19.3 Å². The fraction of sp³-hybridized carbons (Fsp3) is 0.714. The number of furan rings is 1. The summed E-state index contributed by atoms with van der Waals surface area (Å²) in [4.78, 5) is 55.6. The van der Waals surface area contributed by atoms with E-state index in [2.05, 4.69) is 10.6 Å². The summed E-state index contributed by atoms with van der Waals surface area (Å²) in [6.07, 6.45) is 12.1. The molecule has 3 saturated carbocycles. The van der Waals surface area contributed by atoms with Gasteiger partial charge in [-0.15, -0.1) is 0 Å². The summed E-state index contributed by atoms with van der Waals surface area (Å²) in [7, 11) is 1.75. The highest BCUT2D eigenvalue weighted by Gasteiger charge is 2.47. The van der Waals surface area contributed by atoms with Crippen LogP contribution in [-0.4, -0.2) is 79.5 Å². The van der Waals surface area contributed by atoms with Gasteiger partial charge in [0.2, 0.25) is 17.6 Å². The lowest BCUT2D eigenvalue weighted by atomic mass is 9.75. The highest BCUT2D eigenvalue weighted by atomic mass is 19.1. The zero-order chi connectivity index (χ0) is 38.4. The number of benzene rings is 1. The third-order valence-electron chi connectivity index (χ3n) is 12.4. The van der Waals surface area contributed by atoms with Crippen LogP contribution in [0.5, 0.6) is 0 Å². The third-order valence-corrected chi connectivity index (χ3v) is 12.4. The van der Waals surface area contributed by atoms with Crippen LogP contribution in [0.15, 0.2) is 28.7 Å². The van der Waals surface area contributed by atoms with Crippen molar-refractivity contribution in [2.24, 2.45) is 29.6 Å². The number of fused-ring (bicyclic) bond motifs is 1. The van der Waals surface area contributed by atoms with E-state index in [-0.39, 0.29) is 41.4 Å². The number of amides is 3. The molecule has 11 nitrogen and oxygen atoms in total. The van der Waals surface area contributed by atoms with E-state index in [1.807, 2.05) is 0 Å². The molecule has 298 valence electrons. The van der Waals surface area contributed by atoms with Crippen molar-refractivity contribution in [3.63, 3.8) is 0 Å². The Morgan fingerprint density at radius 3 is 2.31 bits per heavy atom. The van der Waals surface area contributed by atoms with Gasteiger partial charge in [0.15, 0.2) is 0 Å². The number of likely N-dealkylation sites (tertiary alicyclic amines) is 1. The number of nitrogens with zero attached hydrogens (tertiary/aromatic N) is 1. The number of carbonyl (C=O) groups is 4. The van der Waals surface area contributed by atoms with Crippen LogP contribution in [0.25, 0.3) is 11.0 Å². The second-order valence-electron chi connectivity index (χ2n) is 17.2. The van der Waals surface area contributed by atoms with E-state index in [0.29, 0.717) is 67.3 Å². The molecule has 1 aromatic heterocycles. The Labute approximate surface area is 318 Å². The molecule has 2 heterocycles. The molecule has 4 fully saturated rings. The van der Waals surface area contributed by atoms with Crippen molar-refractivity contribution in [1.29, 1.82) is 0 Å². The first kappa shape index (κ1) is 40.0. The van der Waals surface area contributed by atoms with Gasteiger partial charge >= 0.3 is 12.1 Å². The lowest BCUT2D eigenvalue weighted by Crippen LogP contribution is -2.50. The number of halogens is 1. The number of carbonyl (C=O) groups excluding carboxylic acids is 4. The Hall–Kier alpha value is -3.67. The average Bonchev–Trinajstić information content (AvgIpc) is 3.81. The molecule has 1 aromatic carbocycles. The maximum Gasteiger partial charge on any atom is 0.407 e. The number of anilines is 1. The summed E-state index contributed by atoms with van der Waals surface area (Å²) in [5, 5.41) is 6.49. The maximum absolute atomic E-state index is 14.3. The molecule has 0 bridgehead atoms. The summed E-state index contributed by atoms with van der Waals surface area (Å²) in [6.45, 7) is 5.49. The van der Waals surface area contributed by atoms with E-state index in [1.54, 1.807) is 57.0 Å². The number of hydrogen-bond acceptors (Lipinski definition) is 8. The van der Waals surface area contributed by atoms with Crippen molar-refractivity contribution < 1.29 is 42.2 Å². The second-order valence-corrected chi connectivity index (χ2v) is 17.2. The van der Waals surface area contributed by atoms with E-state index < -0.39 is 36.4 Å². The molecule has 0 spiro atoms. The predicted molar refractivity (Wildman–Crippen MR) is 203 cm³/mol. The van der Waals surface area contributed by atoms with Crippen LogP contribution in [0, 0.1) is 29.6 Å². The normalized spacial score (nSPS) is 27.3. The number of alkyl halides is 1. The van der Waals surface area contributed by atoms with E-state index in [0.717, 1.165) is 44.9 Å². The Balaban J connectivity index is 1.12. The smallest absolute Gasteiger partial charge is 0.407 e. The zero-order valence-corrected chi connectivity index (χ0v) is 32.5. The van der Waals surface area contributed by atoms with Crippen molar-refractivity contribution in [2.75, 3.05) is 32.3 Å². The summed E-state index contributed by atoms with van der Waals surface area (Å²) < 4.78 is 36.5. The first-order valence-electron chi connectivity index (χ1n) is 20.3. The molecule has 4 aliphatic rings. The van der Waals surface area contributed by atoms with Gasteiger partial charge in [-0.1, -0.05) is 19.3 Å². The predicted octanol–water partition coefficient (Wildman–Crippen LogP) is 8.20. The SMILES string of the molecule is COC1CCC([C@@H]2CCN(C(=O)[C@H]3CC[C@H]([C@@H](CF)NC(=O)OC(C)(C)C)CC3)[C@@H]2C(=O)Nc2ccc3oc(C(=O)OCC4CCCCC4)cc3c2)CC1. The fourth-order valence-corrected chi connectivity index (χ4v) is 9.45. The number of esters is 1. The highest BCUT2D eigenvalue weighted by molar-refractivity contribution is 6.00. The lowest BCUT2D eigenvalue weighted by molar-refractivity contribution is -0.142. The molecule has 54 heavy (non-hydrogen) atoms. The molecule has 2 aromatic rings. The molecular formula is C42H60FN3O8. The number of alkyl carbamates (subject to hydrolysis) is 1. The standard InChI is InChI=1S/C42H60FN3O8/c1-42(2,3)54-41(50)45-34(24-43)28-10-12-29(13-11-28)39(48)46-21-20-33(27-14-17-32(51-4)18-15-27)37(46)38(47)44-31-16-19-35-30(22-31)23-36(53-35)40(49)52-25-26-8-6-5-7-9-26/h16,19,22-23,26-29,32-34,37H,5-15,17-18,20-21,24-25H2,1-4H3,(H,44,47)(H,45,50)/t27?,28-,29-,32?,33-,34+,37-/m0/s1. The molecule has 1 aliphatic heterocycles. The lowest BCUT2D eigenvalue weighted by Gasteiger charge is -2.38. The van der Waals surface area contributed by atoms with E-state index in [9.17, 15) is 23.6 Å². The van der Waals surface area contributed by atoms with Crippen LogP contribution in [-0.2, 0) is 23.8 Å². The molecule has 3 atom stereocenters. The van der Waals surface area contributed by atoms with Gasteiger partial charge in [-0.25, -0.2) is 14.0 Å². The molecule has 0 unspecified atom stereocenters. The number of hydrogen-bond donors (Lipinski definition) is 2. The van der Waals surface area contributed by atoms with Crippen LogP contribution in [0.1, 0.15) is 121 Å². The monoisotopic (exact) mass is 753 g/mol. The van der Waals surface area contributed by atoms with Crippen LogP contribution >= 0.6 is 0 Å². The number of rotatable bonds is 11. The van der Waals surface area contributed by atoms with Crippen LogP contribution < -0.4 is 10.6 Å². The van der Waals surface area contributed by atoms with Crippen LogP contribution in [0.2, 0.25) is 0 Å². The molecule has 2 N–H and O–H groups in total. The second kappa shape index (κ2) is 17.9. The average molecular weight is 754 g/mol. The number of methoxy groups -OCH3 is 1. The van der Waals surface area contributed by atoms with Gasteiger partial charge in [-0.05, 0) is 139 Å². The minimum absolute atomic E-state index is 0.0141. The van der Waals surface area contributed by atoms with Crippen LogP contribution in [0.4, 0.5) is 14.9 Å². The quantitative estimate of drug-likeness (QED) is 0.219. The Kier molecular flexibility index (Phi) is 13.2. The van der Waals surface area contributed by atoms with Crippen molar-refractivity contribution in [2.45, 2.75) is 134 Å². The molecule has 12 heteroatoms. The first-order valence-corrected chi connectivity index (χ1v) is 20.3. The van der Waals surface area contributed by atoms with Gasteiger partial charge < -0.3 is 34.2 Å². The van der Waals surface area contributed by atoms with Gasteiger partial charge in [-0.2, -0.15) is 0 Å². The number of ether oxygens (including phenoxy) is 3. The Morgan fingerprint density at radius 1 is 0.926 bits per heavy atom. The van der Waals surface area contributed by atoms with Crippen LogP contribution in [0.3, 0.4) is 0 Å². The zero-order valence-electron chi connectivity index (χ0n) is 32.5. The third kappa shape index (κ3) is 9.95. The van der Waals surface area contributed by atoms with Gasteiger partial charge in [-0.3, -0.25) is 9.59 Å². The molecular weight excluding hydrogens is 693 g/mol. The van der Waals surface area contributed by atoms with Gasteiger partial charge in [0.1, 0.15) is 23.9 Å². The maximum atomic E-state index is 14.3. The van der Waals surface area contributed by atoms with Crippen molar-refractivity contribution >= 4 is 40.5 Å². The fourth-order valence-electron chi connectivity index (χ4n) is 9.45. The highest BCUT2D eigenvalue weighted by Crippen LogP contribution is 2.42. The summed E-state index contributed by atoms with van der Waals surface area (Å²) in [5.41, 5.74) is 0.398. The van der Waals surface area contributed by atoms with E-state index >= 15 is 0 Å². The molecule has 6 rings (SSSR count).